The second-order valence-electron chi connectivity index (χ2n) is 3.95. The van der Waals surface area contributed by atoms with E-state index in [1.165, 1.54) is 0 Å². The summed E-state index contributed by atoms with van der Waals surface area (Å²) in [5, 5.41) is 3.68. The molecule has 0 unspecified atom stereocenters. The molecule has 2 rings (SSSR count). The SMILES string of the molecule is O=C(Nc1cc(Cl)cc(Cl)c1)c1cccc(CCl)c1. The average Bonchev–Trinajstić information content (AvgIpc) is 2.37. The van der Waals surface area contributed by atoms with Crippen molar-refractivity contribution in [1.82, 2.24) is 0 Å². The van der Waals surface area contributed by atoms with Gasteiger partial charge in [0.1, 0.15) is 0 Å². The molecular weight excluding hydrogens is 305 g/mol. The minimum absolute atomic E-state index is 0.231. The number of rotatable bonds is 3. The number of hydrogen-bond donors (Lipinski definition) is 1. The highest BCUT2D eigenvalue weighted by Gasteiger charge is 2.07. The highest BCUT2D eigenvalue weighted by atomic mass is 35.5. The van der Waals surface area contributed by atoms with E-state index in [2.05, 4.69) is 5.32 Å². The summed E-state index contributed by atoms with van der Waals surface area (Å²) in [4.78, 5) is 12.1. The lowest BCUT2D eigenvalue weighted by atomic mass is 10.1. The number of halogens is 3. The number of carbonyl (C=O) groups is 1. The molecule has 1 amide bonds. The molecule has 0 spiro atoms. The average molecular weight is 315 g/mol. The van der Waals surface area contributed by atoms with Crippen molar-refractivity contribution in [2.75, 3.05) is 5.32 Å². The van der Waals surface area contributed by atoms with Crippen molar-refractivity contribution in [3.8, 4) is 0 Å². The Bertz CT molecular complexity index is 593. The monoisotopic (exact) mass is 313 g/mol. The first-order chi connectivity index (χ1) is 9.08. The highest BCUT2D eigenvalue weighted by Crippen LogP contribution is 2.23. The number of carbonyl (C=O) groups excluding carboxylic acids is 1. The van der Waals surface area contributed by atoms with E-state index in [0.29, 0.717) is 27.2 Å². The van der Waals surface area contributed by atoms with E-state index in [0.717, 1.165) is 5.56 Å². The lowest BCUT2D eigenvalue weighted by Gasteiger charge is -2.07. The molecular formula is C14H10Cl3NO. The third-order valence-corrected chi connectivity index (χ3v) is 3.21. The van der Waals surface area contributed by atoms with Crippen LogP contribution in [0.15, 0.2) is 42.5 Å². The van der Waals surface area contributed by atoms with E-state index >= 15 is 0 Å². The zero-order valence-corrected chi connectivity index (χ0v) is 12.1. The topological polar surface area (TPSA) is 29.1 Å². The molecule has 2 aromatic rings. The van der Waals surface area contributed by atoms with Gasteiger partial charge in [-0.05, 0) is 35.9 Å². The molecule has 0 aliphatic rings. The standard InChI is InChI=1S/C14H10Cl3NO/c15-8-9-2-1-3-10(4-9)14(19)18-13-6-11(16)5-12(17)7-13/h1-7H,8H2,(H,18,19). The number of nitrogens with one attached hydrogen (secondary N) is 1. The van der Waals surface area contributed by atoms with Crippen LogP contribution in [0.2, 0.25) is 10.0 Å². The summed E-state index contributed by atoms with van der Waals surface area (Å²) in [7, 11) is 0. The summed E-state index contributed by atoms with van der Waals surface area (Å²) in [5.74, 6) is 0.134. The number of alkyl halides is 1. The molecule has 0 aromatic heterocycles. The summed E-state index contributed by atoms with van der Waals surface area (Å²) in [6, 6.07) is 12.0. The second kappa shape index (κ2) is 6.29. The van der Waals surface area contributed by atoms with Gasteiger partial charge < -0.3 is 5.32 Å². The molecule has 2 aromatic carbocycles. The number of benzene rings is 2. The van der Waals surface area contributed by atoms with Crippen molar-refractivity contribution >= 4 is 46.4 Å². The fourth-order valence-electron chi connectivity index (χ4n) is 1.62. The largest absolute Gasteiger partial charge is 0.322 e. The number of hydrogen-bond acceptors (Lipinski definition) is 1. The Morgan fingerprint density at radius 1 is 1.05 bits per heavy atom. The summed E-state index contributed by atoms with van der Waals surface area (Å²) in [6.07, 6.45) is 0. The van der Waals surface area contributed by atoms with Crippen LogP contribution in [0.4, 0.5) is 5.69 Å². The maximum absolute atomic E-state index is 12.1. The molecule has 0 heterocycles. The van der Waals surface area contributed by atoms with Crippen molar-refractivity contribution in [2.24, 2.45) is 0 Å². The first-order valence-corrected chi connectivity index (χ1v) is 6.80. The predicted molar refractivity (Wildman–Crippen MR) is 80.4 cm³/mol. The van der Waals surface area contributed by atoms with Crippen molar-refractivity contribution in [1.29, 1.82) is 0 Å². The van der Waals surface area contributed by atoms with Crippen LogP contribution in [-0.2, 0) is 5.88 Å². The lowest BCUT2D eigenvalue weighted by Crippen LogP contribution is -2.12. The molecule has 5 heteroatoms. The zero-order chi connectivity index (χ0) is 13.8. The van der Waals surface area contributed by atoms with Crippen LogP contribution >= 0.6 is 34.8 Å². The van der Waals surface area contributed by atoms with Crippen LogP contribution in [-0.4, -0.2) is 5.91 Å². The van der Waals surface area contributed by atoms with E-state index in [1.54, 1.807) is 36.4 Å². The normalized spacial score (nSPS) is 10.3. The summed E-state index contributed by atoms with van der Waals surface area (Å²) in [5.41, 5.74) is 1.98. The Hall–Kier alpha value is -1.22. The van der Waals surface area contributed by atoms with Crippen LogP contribution in [0.25, 0.3) is 0 Å². The van der Waals surface area contributed by atoms with Crippen LogP contribution in [0.5, 0.6) is 0 Å². The van der Waals surface area contributed by atoms with Crippen molar-refractivity contribution < 1.29 is 4.79 Å². The Balaban J connectivity index is 2.20. The molecule has 0 aliphatic carbocycles. The second-order valence-corrected chi connectivity index (χ2v) is 5.09. The first kappa shape index (κ1) is 14.2. The van der Waals surface area contributed by atoms with E-state index in [9.17, 15) is 4.79 Å². The first-order valence-electron chi connectivity index (χ1n) is 5.51. The van der Waals surface area contributed by atoms with E-state index < -0.39 is 0 Å². The van der Waals surface area contributed by atoms with Gasteiger partial charge in [0.25, 0.3) is 5.91 Å². The fourth-order valence-corrected chi connectivity index (χ4v) is 2.32. The lowest BCUT2D eigenvalue weighted by molar-refractivity contribution is 0.102. The Kier molecular flexibility index (Phi) is 4.70. The number of amides is 1. The minimum atomic E-state index is -0.231. The predicted octanol–water partition coefficient (Wildman–Crippen LogP) is 4.98. The van der Waals surface area contributed by atoms with Gasteiger partial charge >= 0.3 is 0 Å². The molecule has 19 heavy (non-hydrogen) atoms. The summed E-state index contributed by atoms with van der Waals surface area (Å²) < 4.78 is 0. The van der Waals surface area contributed by atoms with Crippen molar-refractivity contribution in [2.45, 2.75) is 5.88 Å². The van der Waals surface area contributed by atoms with Crippen molar-refractivity contribution in [3.05, 3.63) is 63.6 Å². The minimum Gasteiger partial charge on any atom is -0.322 e. The molecule has 0 fully saturated rings. The van der Waals surface area contributed by atoms with E-state index in [1.807, 2.05) is 6.07 Å². The maximum atomic E-state index is 12.1. The molecule has 0 saturated carbocycles. The Labute approximate surface area is 126 Å². The molecule has 0 aliphatic heterocycles. The highest BCUT2D eigenvalue weighted by molar-refractivity contribution is 6.35. The maximum Gasteiger partial charge on any atom is 0.255 e. The van der Waals surface area contributed by atoms with Crippen LogP contribution < -0.4 is 5.32 Å². The Morgan fingerprint density at radius 3 is 2.37 bits per heavy atom. The van der Waals surface area contributed by atoms with Gasteiger partial charge in [-0.15, -0.1) is 11.6 Å². The van der Waals surface area contributed by atoms with Gasteiger partial charge in [-0.2, -0.15) is 0 Å². The molecule has 0 saturated heterocycles. The van der Waals surface area contributed by atoms with Crippen molar-refractivity contribution in [3.63, 3.8) is 0 Å². The van der Waals surface area contributed by atoms with Crippen LogP contribution in [0, 0.1) is 0 Å². The Morgan fingerprint density at radius 2 is 1.74 bits per heavy atom. The fraction of sp³-hybridized carbons (Fsp3) is 0.0714. The van der Waals surface area contributed by atoms with E-state index in [4.69, 9.17) is 34.8 Å². The summed E-state index contributed by atoms with van der Waals surface area (Å²) >= 11 is 17.5. The van der Waals surface area contributed by atoms with Gasteiger partial charge in [0.15, 0.2) is 0 Å². The third kappa shape index (κ3) is 3.87. The molecule has 98 valence electrons. The third-order valence-electron chi connectivity index (χ3n) is 2.46. The molecule has 0 atom stereocenters. The zero-order valence-electron chi connectivity index (χ0n) is 9.79. The molecule has 2 nitrogen and oxygen atoms in total. The van der Waals surface area contributed by atoms with Gasteiger partial charge in [-0.1, -0.05) is 35.3 Å². The van der Waals surface area contributed by atoms with Gasteiger partial charge in [-0.3, -0.25) is 4.79 Å². The quantitative estimate of drug-likeness (QED) is 0.795. The molecule has 0 radical (unpaired) electrons. The van der Waals surface area contributed by atoms with Gasteiger partial charge in [0.2, 0.25) is 0 Å². The number of anilines is 1. The molecule has 0 bridgehead atoms. The van der Waals surface area contributed by atoms with Crippen LogP contribution in [0.3, 0.4) is 0 Å². The van der Waals surface area contributed by atoms with Gasteiger partial charge in [0, 0.05) is 27.2 Å². The van der Waals surface area contributed by atoms with Gasteiger partial charge in [0.05, 0.1) is 0 Å². The smallest absolute Gasteiger partial charge is 0.255 e. The summed E-state index contributed by atoms with van der Waals surface area (Å²) in [6.45, 7) is 0. The van der Waals surface area contributed by atoms with Gasteiger partial charge in [-0.25, -0.2) is 0 Å². The van der Waals surface area contributed by atoms with Crippen LogP contribution in [0.1, 0.15) is 15.9 Å². The molecule has 1 N–H and O–H groups in total. The van der Waals surface area contributed by atoms with E-state index in [-0.39, 0.29) is 5.91 Å².